The van der Waals surface area contributed by atoms with Crippen LogP contribution in [0.1, 0.15) is 22.8 Å². The normalized spacial score (nSPS) is 17.4. The van der Waals surface area contributed by atoms with Gasteiger partial charge in [0, 0.05) is 15.6 Å². The van der Waals surface area contributed by atoms with E-state index >= 15 is 0 Å². The second kappa shape index (κ2) is 7.07. The fourth-order valence-corrected chi connectivity index (χ4v) is 3.72. The molecule has 140 valence electrons. The third-order valence-corrected chi connectivity index (χ3v) is 5.16. The van der Waals surface area contributed by atoms with Gasteiger partial charge in [0.2, 0.25) is 0 Å². The van der Waals surface area contributed by atoms with Crippen molar-refractivity contribution in [2.75, 3.05) is 31.3 Å². The van der Waals surface area contributed by atoms with E-state index in [9.17, 15) is 9.59 Å². The van der Waals surface area contributed by atoms with Crippen molar-refractivity contribution in [3.8, 4) is 5.75 Å². The molecule has 6 nitrogen and oxygen atoms in total. The maximum Gasteiger partial charge on any atom is 0.292 e. The number of halogens is 1. The number of carbonyl (C=O) groups is 2. The van der Waals surface area contributed by atoms with E-state index in [0.29, 0.717) is 43.2 Å². The number of amides is 1. The summed E-state index contributed by atoms with van der Waals surface area (Å²) in [6.45, 7) is 2.94. The second-order valence-electron chi connectivity index (χ2n) is 6.36. The molecule has 0 unspecified atom stereocenters. The minimum Gasteiger partial charge on any atom is -0.492 e. The molecule has 2 heterocycles. The van der Waals surface area contributed by atoms with Crippen LogP contribution < -0.4 is 9.64 Å². The topological polar surface area (TPSA) is 65.1 Å². The highest BCUT2D eigenvalue weighted by Crippen LogP contribution is 2.46. The summed E-state index contributed by atoms with van der Waals surface area (Å²) in [7, 11) is 0. The van der Waals surface area contributed by atoms with Crippen molar-refractivity contribution in [1.29, 1.82) is 0 Å². The first-order valence-electron chi connectivity index (χ1n) is 8.65. The molecule has 2 aromatic carbocycles. The number of anilines is 1. The number of Topliss-reactive ketones (excluding diaryl/α,β-unsaturated/α-hetero) is 1. The Hall–Kier alpha value is -2.22. The molecular weight excluding hydrogens is 414 g/mol. The van der Waals surface area contributed by atoms with Crippen molar-refractivity contribution in [3.05, 3.63) is 58.1 Å². The van der Waals surface area contributed by atoms with Gasteiger partial charge in [-0.1, -0.05) is 15.9 Å². The number of nitrogens with zero attached hydrogens (tertiary/aromatic N) is 1. The van der Waals surface area contributed by atoms with Crippen LogP contribution in [0.25, 0.3) is 0 Å². The van der Waals surface area contributed by atoms with Gasteiger partial charge in [-0.25, -0.2) is 0 Å². The van der Waals surface area contributed by atoms with E-state index in [4.69, 9.17) is 14.2 Å². The Bertz CT molecular complexity index is 890. The number of ether oxygens (including phenoxy) is 3. The number of hydrogen-bond donors (Lipinski definition) is 0. The highest BCUT2D eigenvalue weighted by Gasteiger charge is 2.56. The molecule has 1 amide bonds. The van der Waals surface area contributed by atoms with Crippen LogP contribution in [0, 0.1) is 0 Å². The number of ketones is 1. The van der Waals surface area contributed by atoms with Crippen LogP contribution in [0.15, 0.2) is 46.9 Å². The molecule has 2 aliphatic heterocycles. The van der Waals surface area contributed by atoms with E-state index in [1.165, 1.54) is 6.92 Å². The lowest BCUT2D eigenvalue weighted by molar-refractivity contribution is -0.180. The third kappa shape index (κ3) is 3.16. The number of rotatable bonds is 5. The van der Waals surface area contributed by atoms with Crippen molar-refractivity contribution in [1.82, 2.24) is 0 Å². The van der Waals surface area contributed by atoms with Crippen molar-refractivity contribution in [2.45, 2.75) is 12.7 Å². The van der Waals surface area contributed by atoms with Gasteiger partial charge in [0.1, 0.15) is 12.4 Å². The molecule has 1 spiro atoms. The molecule has 1 saturated heterocycles. The maximum atomic E-state index is 13.0. The molecule has 2 aromatic rings. The van der Waals surface area contributed by atoms with Gasteiger partial charge in [0.25, 0.3) is 11.7 Å². The molecule has 7 heteroatoms. The summed E-state index contributed by atoms with van der Waals surface area (Å²) in [5.74, 6) is -0.925. The molecule has 0 radical (unpaired) electrons. The first-order chi connectivity index (χ1) is 13.0. The number of benzene rings is 2. The van der Waals surface area contributed by atoms with Gasteiger partial charge in [-0.15, -0.1) is 0 Å². The van der Waals surface area contributed by atoms with Crippen LogP contribution in [-0.4, -0.2) is 38.1 Å². The minimum atomic E-state index is -1.34. The van der Waals surface area contributed by atoms with Gasteiger partial charge in [0.15, 0.2) is 5.78 Å². The average molecular weight is 432 g/mol. The van der Waals surface area contributed by atoms with Crippen molar-refractivity contribution < 1.29 is 23.8 Å². The highest BCUT2D eigenvalue weighted by molar-refractivity contribution is 9.10. The van der Waals surface area contributed by atoms with Crippen LogP contribution in [0.5, 0.6) is 5.75 Å². The summed E-state index contributed by atoms with van der Waals surface area (Å²) < 4.78 is 18.0. The lowest BCUT2D eigenvalue weighted by Crippen LogP contribution is -2.42. The Balaban J connectivity index is 1.49. The zero-order valence-corrected chi connectivity index (χ0v) is 16.3. The summed E-state index contributed by atoms with van der Waals surface area (Å²) in [5, 5.41) is 0. The summed E-state index contributed by atoms with van der Waals surface area (Å²) in [6, 6.07) is 12.6. The molecule has 0 saturated carbocycles. The quantitative estimate of drug-likeness (QED) is 0.679. The van der Waals surface area contributed by atoms with Crippen molar-refractivity contribution in [3.63, 3.8) is 0 Å². The van der Waals surface area contributed by atoms with Gasteiger partial charge >= 0.3 is 0 Å². The van der Waals surface area contributed by atoms with Crippen LogP contribution >= 0.6 is 15.9 Å². The molecule has 1 fully saturated rings. The Morgan fingerprint density at radius 2 is 1.89 bits per heavy atom. The SMILES string of the molecule is CC(=O)c1ccc(OCCN2C(=O)C3(OCCO3)c3cc(Br)ccc32)cc1. The number of fused-ring (bicyclic) bond motifs is 2. The number of hydrogen-bond acceptors (Lipinski definition) is 5. The largest absolute Gasteiger partial charge is 0.492 e. The Morgan fingerprint density at radius 3 is 2.56 bits per heavy atom. The fourth-order valence-electron chi connectivity index (χ4n) is 3.36. The van der Waals surface area contributed by atoms with Gasteiger partial charge in [-0.05, 0) is 49.4 Å². The molecule has 0 aromatic heterocycles. The molecule has 0 N–H and O–H groups in total. The standard InChI is InChI=1S/C20H18BrNO5/c1-13(23)14-2-5-16(6-3-14)25-9-8-22-18-7-4-15(21)12-17(18)20(19(22)24)26-10-11-27-20/h2-7,12H,8-11H2,1H3. The smallest absolute Gasteiger partial charge is 0.292 e. The van der Waals surface area contributed by atoms with Crippen LogP contribution in [0.3, 0.4) is 0 Å². The molecule has 4 rings (SSSR count). The summed E-state index contributed by atoms with van der Waals surface area (Å²) in [4.78, 5) is 26.0. The Labute approximate surface area is 165 Å². The third-order valence-electron chi connectivity index (χ3n) is 4.67. The fraction of sp³-hybridized carbons (Fsp3) is 0.300. The van der Waals surface area contributed by atoms with E-state index in [1.807, 2.05) is 18.2 Å². The van der Waals surface area contributed by atoms with Gasteiger partial charge in [-0.2, -0.15) is 0 Å². The lowest BCUT2D eigenvalue weighted by Gasteiger charge is -2.22. The average Bonchev–Trinajstić information content (AvgIpc) is 3.23. The Kier molecular flexibility index (Phi) is 4.75. The number of carbonyl (C=O) groups excluding carboxylic acids is 2. The van der Waals surface area contributed by atoms with Gasteiger partial charge in [0.05, 0.1) is 25.4 Å². The maximum absolute atomic E-state index is 13.0. The molecule has 0 aliphatic carbocycles. The van der Waals surface area contributed by atoms with E-state index < -0.39 is 5.79 Å². The highest BCUT2D eigenvalue weighted by atomic mass is 79.9. The predicted molar refractivity (Wildman–Crippen MR) is 102 cm³/mol. The molecule has 27 heavy (non-hydrogen) atoms. The summed E-state index contributed by atoms with van der Waals surface area (Å²) in [6.07, 6.45) is 0. The van der Waals surface area contributed by atoms with Crippen LogP contribution in [0.2, 0.25) is 0 Å². The molecule has 0 atom stereocenters. The monoisotopic (exact) mass is 431 g/mol. The van der Waals surface area contributed by atoms with Crippen molar-refractivity contribution in [2.24, 2.45) is 0 Å². The minimum absolute atomic E-state index is 0.00819. The first-order valence-corrected chi connectivity index (χ1v) is 9.44. The molecule has 0 bridgehead atoms. The predicted octanol–water partition coefficient (Wildman–Crippen LogP) is 3.28. The van der Waals surface area contributed by atoms with Crippen LogP contribution in [-0.2, 0) is 20.1 Å². The van der Waals surface area contributed by atoms with Crippen LogP contribution in [0.4, 0.5) is 5.69 Å². The van der Waals surface area contributed by atoms with E-state index in [1.54, 1.807) is 29.2 Å². The van der Waals surface area contributed by atoms with E-state index in [2.05, 4.69) is 15.9 Å². The molecule has 2 aliphatic rings. The van der Waals surface area contributed by atoms with E-state index in [-0.39, 0.29) is 11.7 Å². The second-order valence-corrected chi connectivity index (χ2v) is 7.28. The first kappa shape index (κ1) is 18.2. The van der Waals surface area contributed by atoms with E-state index in [0.717, 1.165) is 10.2 Å². The zero-order chi connectivity index (χ0) is 19.0. The lowest BCUT2D eigenvalue weighted by atomic mass is 10.1. The Morgan fingerprint density at radius 1 is 1.19 bits per heavy atom. The van der Waals surface area contributed by atoms with Gasteiger partial charge in [-0.3, -0.25) is 9.59 Å². The van der Waals surface area contributed by atoms with Gasteiger partial charge < -0.3 is 19.1 Å². The van der Waals surface area contributed by atoms with Crippen molar-refractivity contribution >= 4 is 33.3 Å². The molecular formula is C20H18BrNO5. The summed E-state index contributed by atoms with van der Waals surface area (Å²) in [5.41, 5.74) is 2.11. The zero-order valence-electron chi connectivity index (χ0n) is 14.7. The summed E-state index contributed by atoms with van der Waals surface area (Å²) >= 11 is 3.44.